The van der Waals surface area contributed by atoms with Gasteiger partial charge in [0.25, 0.3) is 5.91 Å². The van der Waals surface area contributed by atoms with Crippen molar-refractivity contribution < 1.29 is 22.7 Å². The third kappa shape index (κ3) is 5.60. The first-order chi connectivity index (χ1) is 13.3. The molecule has 0 aliphatic carbocycles. The lowest BCUT2D eigenvalue weighted by Crippen LogP contribution is -2.31. The van der Waals surface area contributed by atoms with E-state index < -0.39 is 12.3 Å². The smallest absolute Gasteiger partial charge is 0.405 e. The van der Waals surface area contributed by atoms with Crippen LogP contribution in [0.4, 0.5) is 13.2 Å². The van der Waals surface area contributed by atoms with Gasteiger partial charge in [0.15, 0.2) is 5.69 Å². The molecule has 0 spiro atoms. The van der Waals surface area contributed by atoms with Crippen molar-refractivity contribution in [3.05, 3.63) is 41.2 Å². The highest BCUT2D eigenvalue weighted by Gasteiger charge is 2.32. The Morgan fingerprint density at radius 2 is 1.97 bits per heavy atom. The molecule has 0 atom stereocenters. The van der Waals surface area contributed by atoms with Crippen LogP contribution in [-0.4, -0.2) is 52.3 Å². The number of carbonyl (C=O) groups is 1. The fourth-order valence-electron chi connectivity index (χ4n) is 3.30. The third-order valence-electron chi connectivity index (χ3n) is 4.74. The molecule has 3 rings (SSSR count). The van der Waals surface area contributed by atoms with Gasteiger partial charge in [-0.3, -0.25) is 4.79 Å². The number of carbonyl (C=O) groups excluding carboxylic acids is 1. The first-order valence-corrected chi connectivity index (χ1v) is 8.98. The van der Waals surface area contributed by atoms with Crippen molar-refractivity contribution in [2.75, 3.05) is 20.1 Å². The van der Waals surface area contributed by atoms with Gasteiger partial charge in [-0.1, -0.05) is 23.4 Å². The minimum absolute atomic E-state index is 0. The highest BCUT2D eigenvalue weighted by Crippen LogP contribution is 2.27. The van der Waals surface area contributed by atoms with Crippen LogP contribution in [0, 0.1) is 6.92 Å². The van der Waals surface area contributed by atoms with Crippen molar-refractivity contribution in [1.29, 1.82) is 0 Å². The number of ether oxygens (including phenoxy) is 1. The molecular formula is C18H23ClF3N5O2. The molecule has 0 radical (unpaired) electrons. The Balaban J connectivity index is 0.00000300. The molecular weight excluding hydrogens is 411 g/mol. The summed E-state index contributed by atoms with van der Waals surface area (Å²) in [7, 11) is 1.51. The Morgan fingerprint density at radius 3 is 2.62 bits per heavy atom. The van der Waals surface area contributed by atoms with Crippen molar-refractivity contribution in [1.82, 2.24) is 25.2 Å². The van der Waals surface area contributed by atoms with E-state index in [1.165, 1.54) is 30.1 Å². The largest absolute Gasteiger partial charge is 0.573 e. The van der Waals surface area contributed by atoms with Crippen molar-refractivity contribution >= 4 is 18.3 Å². The molecule has 7 nitrogen and oxygen atoms in total. The second kappa shape index (κ2) is 9.45. The first-order valence-electron chi connectivity index (χ1n) is 8.98. The number of amides is 1. The average Bonchev–Trinajstić information content (AvgIpc) is 3.03. The maximum Gasteiger partial charge on any atom is 0.573 e. The summed E-state index contributed by atoms with van der Waals surface area (Å²) in [6, 6.07) is 5.93. The van der Waals surface area contributed by atoms with E-state index in [0.717, 1.165) is 25.9 Å². The minimum atomic E-state index is -4.80. The highest BCUT2D eigenvalue weighted by molar-refractivity contribution is 5.93. The van der Waals surface area contributed by atoms with Crippen LogP contribution in [0.25, 0.3) is 0 Å². The number of alkyl halides is 3. The van der Waals surface area contributed by atoms with Crippen molar-refractivity contribution in [3.63, 3.8) is 0 Å². The van der Waals surface area contributed by atoms with Gasteiger partial charge in [0.05, 0.1) is 11.7 Å². The second-order valence-electron chi connectivity index (χ2n) is 6.77. The highest BCUT2D eigenvalue weighted by atomic mass is 35.5. The topological polar surface area (TPSA) is 72.3 Å². The van der Waals surface area contributed by atoms with E-state index in [2.05, 4.69) is 20.4 Å². The van der Waals surface area contributed by atoms with Gasteiger partial charge in [-0.15, -0.1) is 30.7 Å². The van der Waals surface area contributed by atoms with E-state index in [-0.39, 0.29) is 42.0 Å². The van der Waals surface area contributed by atoms with Crippen LogP contribution < -0.4 is 10.1 Å². The van der Waals surface area contributed by atoms with Gasteiger partial charge in [-0.2, -0.15) is 0 Å². The van der Waals surface area contributed by atoms with Crippen LogP contribution in [0.1, 0.15) is 40.6 Å². The predicted octanol–water partition coefficient (Wildman–Crippen LogP) is 3.10. The van der Waals surface area contributed by atoms with Crippen LogP contribution in [0.15, 0.2) is 24.3 Å². The molecule has 2 heterocycles. The lowest BCUT2D eigenvalue weighted by Gasteiger charge is -2.23. The SMILES string of the molecule is Cc1c(C(=O)N(C)Cc2ccccc2OC(F)(F)F)nnn1C1CCNCC1.Cl. The number of aromatic nitrogens is 3. The van der Waals surface area contributed by atoms with Crippen LogP contribution >= 0.6 is 12.4 Å². The molecule has 2 aromatic rings. The van der Waals surface area contributed by atoms with Crippen LogP contribution in [0.5, 0.6) is 5.75 Å². The van der Waals surface area contributed by atoms with Gasteiger partial charge in [0.2, 0.25) is 0 Å². The number of hydrogen-bond acceptors (Lipinski definition) is 5. The lowest BCUT2D eigenvalue weighted by molar-refractivity contribution is -0.275. The van der Waals surface area contributed by atoms with Crippen molar-refractivity contribution in [2.24, 2.45) is 0 Å². The molecule has 11 heteroatoms. The van der Waals surface area contributed by atoms with Gasteiger partial charge in [-0.25, -0.2) is 4.68 Å². The Labute approximate surface area is 172 Å². The summed E-state index contributed by atoms with van der Waals surface area (Å²) in [5.74, 6) is -0.732. The summed E-state index contributed by atoms with van der Waals surface area (Å²) in [5, 5.41) is 11.4. The van der Waals surface area contributed by atoms with E-state index in [0.29, 0.717) is 5.69 Å². The second-order valence-corrected chi connectivity index (χ2v) is 6.77. The quantitative estimate of drug-likeness (QED) is 0.784. The van der Waals surface area contributed by atoms with E-state index >= 15 is 0 Å². The van der Waals surface area contributed by atoms with E-state index in [9.17, 15) is 18.0 Å². The van der Waals surface area contributed by atoms with Crippen LogP contribution in [0.3, 0.4) is 0 Å². The van der Waals surface area contributed by atoms with E-state index in [1.54, 1.807) is 17.7 Å². The number of para-hydroxylation sites is 1. The summed E-state index contributed by atoms with van der Waals surface area (Å²) in [4.78, 5) is 14.1. The molecule has 1 fully saturated rings. The van der Waals surface area contributed by atoms with E-state index in [4.69, 9.17) is 0 Å². The normalized spacial score (nSPS) is 14.9. The van der Waals surface area contributed by atoms with Crippen LogP contribution in [-0.2, 0) is 6.54 Å². The van der Waals surface area contributed by atoms with Gasteiger partial charge < -0.3 is 15.0 Å². The van der Waals surface area contributed by atoms with Crippen LogP contribution in [0.2, 0.25) is 0 Å². The number of rotatable bonds is 5. The number of nitrogens with one attached hydrogen (secondary N) is 1. The summed E-state index contributed by atoms with van der Waals surface area (Å²) >= 11 is 0. The van der Waals surface area contributed by atoms with Gasteiger partial charge in [-0.05, 0) is 38.9 Å². The third-order valence-corrected chi connectivity index (χ3v) is 4.74. The molecule has 0 unspecified atom stereocenters. The van der Waals surface area contributed by atoms with Gasteiger partial charge in [0, 0.05) is 19.2 Å². The fourth-order valence-corrected chi connectivity index (χ4v) is 3.30. The Bertz CT molecular complexity index is 837. The first kappa shape index (κ1) is 23.0. The Hall–Kier alpha value is -2.33. The summed E-state index contributed by atoms with van der Waals surface area (Å²) in [6.45, 7) is 3.49. The monoisotopic (exact) mass is 433 g/mol. The molecule has 1 N–H and O–H groups in total. The molecule has 29 heavy (non-hydrogen) atoms. The fraction of sp³-hybridized carbons (Fsp3) is 0.500. The zero-order valence-electron chi connectivity index (χ0n) is 16.1. The average molecular weight is 434 g/mol. The number of benzene rings is 1. The maximum absolute atomic E-state index is 12.8. The number of piperidine rings is 1. The summed E-state index contributed by atoms with van der Waals surface area (Å²) in [6.07, 6.45) is -3.00. The minimum Gasteiger partial charge on any atom is -0.405 e. The van der Waals surface area contributed by atoms with Crippen molar-refractivity contribution in [2.45, 2.75) is 38.7 Å². The number of hydrogen-bond donors (Lipinski definition) is 1. The molecule has 1 aromatic carbocycles. The van der Waals surface area contributed by atoms with Gasteiger partial charge >= 0.3 is 6.36 Å². The molecule has 1 aliphatic heterocycles. The standard InChI is InChI=1S/C18H22F3N5O2.ClH/c1-12-16(23-24-26(12)14-7-9-22-10-8-14)17(27)25(2)11-13-5-3-4-6-15(13)28-18(19,20)21;/h3-6,14,22H,7-11H2,1-2H3;1H. The zero-order valence-corrected chi connectivity index (χ0v) is 16.9. The summed E-state index contributed by atoms with van der Waals surface area (Å²) < 4.78 is 43.6. The Kier molecular flexibility index (Phi) is 7.48. The predicted molar refractivity (Wildman–Crippen MR) is 102 cm³/mol. The number of nitrogens with zero attached hydrogens (tertiary/aromatic N) is 4. The molecule has 160 valence electrons. The molecule has 0 bridgehead atoms. The molecule has 1 saturated heterocycles. The van der Waals surface area contributed by atoms with Gasteiger partial charge in [0.1, 0.15) is 5.75 Å². The van der Waals surface area contributed by atoms with Crippen molar-refractivity contribution in [3.8, 4) is 5.75 Å². The lowest BCUT2D eigenvalue weighted by atomic mass is 10.1. The van der Waals surface area contributed by atoms with E-state index in [1.807, 2.05) is 0 Å². The zero-order chi connectivity index (χ0) is 20.3. The number of halogens is 4. The molecule has 1 amide bonds. The molecule has 0 saturated carbocycles. The summed E-state index contributed by atoms with van der Waals surface area (Å²) in [5.41, 5.74) is 1.11. The maximum atomic E-state index is 12.8. The Morgan fingerprint density at radius 1 is 1.31 bits per heavy atom. The molecule has 1 aromatic heterocycles. The molecule has 1 aliphatic rings.